The Bertz CT molecular complexity index is 804. The van der Waals surface area contributed by atoms with Crippen LogP contribution in [0.5, 0.6) is 0 Å². The molecule has 0 fully saturated rings. The van der Waals surface area contributed by atoms with E-state index in [1.807, 2.05) is 49.4 Å². The number of pyridine rings is 1. The van der Waals surface area contributed by atoms with Gasteiger partial charge in [-0.2, -0.15) is 0 Å². The molecule has 0 atom stereocenters. The van der Waals surface area contributed by atoms with Gasteiger partial charge in [-0.15, -0.1) is 10.2 Å². The first kappa shape index (κ1) is 14.8. The van der Waals surface area contributed by atoms with Gasteiger partial charge < -0.3 is 5.32 Å². The Balaban J connectivity index is 2.12. The number of nitrogens with zero attached hydrogens (tertiary/aromatic N) is 3. The molecule has 0 saturated heterocycles. The van der Waals surface area contributed by atoms with Crippen LogP contribution in [0.4, 0.5) is 0 Å². The van der Waals surface area contributed by atoms with Crippen LogP contribution in [-0.2, 0) is 0 Å². The third-order valence-corrected chi connectivity index (χ3v) is 3.38. The molecule has 0 aliphatic carbocycles. The standard InChI is InChI=1S/C18H16N4O/c1-2-20-18(23)15-11-16(14-9-6-10-19-12-14)21-22-17(15)13-7-4-3-5-8-13/h3-12H,2H2,1H3,(H,20,23). The van der Waals surface area contributed by atoms with Gasteiger partial charge in [-0.05, 0) is 25.1 Å². The predicted molar refractivity (Wildman–Crippen MR) is 88.7 cm³/mol. The van der Waals surface area contributed by atoms with Crippen LogP contribution in [0.2, 0.25) is 0 Å². The van der Waals surface area contributed by atoms with Crippen LogP contribution in [-0.4, -0.2) is 27.6 Å². The summed E-state index contributed by atoms with van der Waals surface area (Å²) in [6.07, 6.45) is 3.40. The Kier molecular flexibility index (Phi) is 4.38. The number of rotatable bonds is 4. The van der Waals surface area contributed by atoms with Crippen LogP contribution in [0.25, 0.3) is 22.5 Å². The first-order valence-corrected chi connectivity index (χ1v) is 7.41. The third-order valence-electron chi connectivity index (χ3n) is 3.38. The summed E-state index contributed by atoms with van der Waals surface area (Å²) in [4.78, 5) is 16.5. The normalized spacial score (nSPS) is 10.3. The minimum atomic E-state index is -0.161. The van der Waals surface area contributed by atoms with Gasteiger partial charge in [0.25, 0.3) is 5.91 Å². The SMILES string of the molecule is CCNC(=O)c1cc(-c2cccnc2)nnc1-c1ccccc1. The number of hydrogen-bond acceptors (Lipinski definition) is 4. The fourth-order valence-corrected chi connectivity index (χ4v) is 2.29. The van der Waals surface area contributed by atoms with E-state index in [0.717, 1.165) is 11.1 Å². The number of hydrogen-bond donors (Lipinski definition) is 1. The Morgan fingerprint density at radius 1 is 1.04 bits per heavy atom. The van der Waals surface area contributed by atoms with Crippen molar-refractivity contribution in [3.63, 3.8) is 0 Å². The summed E-state index contributed by atoms with van der Waals surface area (Å²) >= 11 is 0. The molecule has 0 aliphatic heterocycles. The van der Waals surface area contributed by atoms with E-state index < -0.39 is 0 Å². The summed E-state index contributed by atoms with van der Waals surface area (Å²) in [6, 6.07) is 15.0. The molecular formula is C18H16N4O. The maximum atomic E-state index is 12.4. The molecule has 0 bridgehead atoms. The first-order valence-electron chi connectivity index (χ1n) is 7.41. The lowest BCUT2D eigenvalue weighted by Gasteiger charge is -2.10. The molecule has 0 spiro atoms. The Labute approximate surface area is 134 Å². The third kappa shape index (κ3) is 3.23. The first-order chi connectivity index (χ1) is 11.3. The number of carbonyl (C=O) groups is 1. The molecule has 0 unspecified atom stereocenters. The van der Waals surface area contributed by atoms with Crippen molar-refractivity contribution in [2.45, 2.75) is 6.92 Å². The molecule has 0 radical (unpaired) electrons. The number of amides is 1. The molecule has 2 heterocycles. The van der Waals surface area contributed by atoms with Crippen LogP contribution in [0, 0.1) is 0 Å². The highest BCUT2D eigenvalue weighted by atomic mass is 16.1. The summed E-state index contributed by atoms with van der Waals surface area (Å²) in [6.45, 7) is 2.44. The molecule has 114 valence electrons. The van der Waals surface area contributed by atoms with Crippen molar-refractivity contribution < 1.29 is 4.79 Å². The fraction of sp³-hybridized carbons (Fsp3) is 0.111. The van der Waals surface area contributed by atoms with E-state index in [2.05, 4.69) is 20.5 Å². The molecular weight excluding hydrogens is 288 g/mol. The highest BCUT2D eigenvalue weighted by Crippen LogP contribution is 2.24. The van der Waals surface area contributed by atoms with Gasteiger partial charge >= 0.3 is 0 Å². The number of benzene rings is 1. The second-order valence-corrected chi connectivity index (χ2v) is 4.96. The van der Waals surface area contributed by atoms with E-state index in [1.165, 1.54) is 0 Å². The van der Waals surface area contributed by atoms with Gasteiger partial charge in [-0.3, -0.25) is 9.78 Å². The summed E-state index contributed by atoms with van der Waals surface area (Å²) in [7, 11) is 0. The van der Waals surface area contributed by atoms with E-state index in [0.29, 0.717) is 23.5 Å². The van der Waals surface area contributed by atoms with Crippen molar-refractivity contribution >= 4 is 5.91 Å². The Morgan fingerprint density at radius 3 is 2.52 bits per heavy atom. The van der Waals surface area contributed by atoms with E-state index in [-0.39, 0.29) is 5.91 Å². The molecule has 23 heavy (non-hydrogen) atoms. The minimum absolute atomic E-state index is 0.161. The molecule has 3 rings (SSSR count). The lowest BCUT2D eigenvalue weighted by Crippen LogP contribution is -2.24. The van der Waals surface area contributed by atoms with E-state index in [1.54, 1.807) is 18.5 Å². The number of carbonyl (C=O) groups excluding carboxylic acids is 1. The van der Waals surface area contributed by atoms with E-state index in [9.17, 15) is 4.79 Å². The van der Waals surface area contributed by atoms with Crippen molar-refractivity contribution in [3.05, 3.63) is 66.5 Å². The molecule has 1 N–H and O–H groups in total. The van der Waals surface area contributed by atoms with E-state index in [4.69, 9.17) is 0 Å². The maximum Gasteiger partial charge on any atom is 0.253 e. The molecule has 5 nitrogen and oxygen atoms in total. The molecule has 1 aromatic carbocycles. The average Bonchev–Trinajstić information content (AvgIpc) is 2.63. The summed E-state index contributed by atoms with van der Waals surface area (Å²) in [5.41, 5.74) is 3.39. The molecule has 5 heteroatoms. The van der Waals surface area contributed by atoms with Gasteiger partial charge in [-0.25, -0.2) is 0 Å². The Hall–Kier alpha value is -3.08. The van der Waals surface area contributed by atoms with Gasteiger partial charge in [0.15, 0.2) is 0 Å². The molecule has 0 aliphatic rings. The van der Waals surface area contributed by atoms with Gasteiger partial charge in [-0.1, -0.05) is 30.3 Å². The van der Waals surface area contributed by atoms with Crippen molar-refractivity contribution in [2.24, 2.45) is 0 Å². The average molecular weight is 304 g/mol. The van der Waals surface area contributed by atoms with Crippen LogP contribution < -0.4 is 5.32 Å². The monoisotopic (exact) mass is 304 g/mol. The maximum absolute atomic E-state index is 12.4. The smallest absolute Gasteiger partial charge is 0.253 e. The molecule has 0 saturated carbocycles. The second kappa shape index (κ2) is 6.79. The second-order valence-electron chi connectivity index (χ2n) is 4.96. The predicted octanol–water partition coefficient (Wildman–Crippen LogP) is 2.96. The molecule has 1 amide bonds. The van der Waals surface area contributed by atoms with Crippen molar-refractivity contribution in [2.75, 3.05) is 6.54 Å². The van der Waals surface area contributed by atoms with Crippen LogP contribution in [0.3, 0.4) is 0 Å². The fourth-order valence-electron chi connectivity index (χ4n) is 2.29. The highest BCUT2D eigenvalue weighted by Gasteiger charge is 2.16. The summed E-state index contributed by atoms with van der Waals surface area (Å²) in [5.74, 6) is -0.161. The number of aromatic nitrogens is 3. The lowest BCUT2D eigenvalue weighted by atomic mass is 10.0. The number of nitrogens with one attached hydrogen (secondary N) is 1. The zero-order valence-electron chi connectivity index (χ0n) is 12.7. The van der Waals surface area contributed by atoms with E-state index >= 15 is 0 Å². The minimum Gasteiger partial charge on any atom is -0.352 e. The van der Waals surface area contributed by atoms with Crippen LogP contribution >= 0.6 is 0 Å². The van der Waals surface area contributed by atoms with Gasteiger partial charge in [0, 0.05) is 30.1 Å². The van der Waals surface area contributed by atoms with Crippen LogP contribution in [0.15, 0.2) is 60.9 Å². The zero-order chi connectivity index (χ0) is 16.1. The largest absolute Gasteiger partial charge is 0.352 e. The lowest BCUT2D eigenvalue weighted by molar-refractivity contribution is 0.0956. The zero-order valence-corrected chi connectivity index (χ0v) is 12.7. The Morgan fingerprint density at radius 2 is 1.83 bits per heavy atom. The van der Waals surface area contributed by atoms with Gasteiger partial charge in [0.05, 0.1) is 11.3 Å². The van der Waals surface area contributed by atoms with Crippen molar-refractivity contribution in [1.29, 1.82) is 0 Å². The van der Waals surface area contributed by atoms with Gasteiger partial charge in [0.1, 0.15) is 5.69 Å². The van der Waals surface area contributed by atoms with Crippen molar-refractivity contribution in [1.82, 2.24) is 20.5 Å². The highest BCUT2D eigenvalue weighted by molar-refractivity contribution is 6.00. The quantitative estimate of drug-likeness (QED) is 0.804. The van der Waals surface area contributed by atoms with Crippen molar-refractivity contribution in [3.8, 4) is 22.5 Å². The van der Waals surface area contributed by atoms with Gasteiger partial charge in [0.2, 0.25) is 0 Å². The van der Waals surface area contributed by atoms with Crippen LogP contribution in [0.1, 0.15) is 17.3 Å². The summed E-state index contributed by atoms with van der Waals surface area (Å²) in [5, 5.41) is 11.4. The molecule has 2 aromatic heterocycles. The topological polar surface area (TPSA) is 67.8 Å². The summed E-state index contributed by atoms with van der Waals surface area (Å²) < 4.78 is 0. The molecule has 3 aromatic rings.